The molecule has 1 atom stereocenters. The smallest absolute Gasteiger partial charge is 0.214 e. The summed E-state index contributed by atoms with van der Waals surface area (Å²) < 4.78 is 1.65. The molecular weight excluding hydrogens is 218 g/mol. The number of rotatable bonds is 1. The highest BCUT2D eigenvalue weighted by Gasteiger charge is 2.29. The van der Waals surface area contributed by atoms with Crippen molar-refractivity contribution in [2.24, 2.45) is 0 Å². The van der Waals surface area contributed by atoms with Gasteiger partial charge in [0.1, 0.15) is 6.07 Å². The second kappa shape index (κ2) is 3.28. The molecule has 84 valence electrons. The molecule has 0 bridgehead atoms. The number of nitriles is 1. The van der Waals surface area contributed by atoms with Gasteiger partial charge in [0.05, 0.1) is 17.6 Å². The van der Waals surface area contributed by atoms with E-state index >= 15 is 0 Å². The number of anilines is 1. The lowest BCUT2D eigenvalue weighted by molar-refractivity contribution is -0.107. The Hall–Kier alpha value is -2.42. The fourth-order valence-electron chi connectivity index (χ4n) is 2.26. The van der Waals surface area contributed by atoms with E-state index in [1.807, 2.05) is 13.0 Å². The van der Waals surface area contributed by atoms with Crippen molar-refractivity contribution in [1.82, 2.24) is 14.6 Å². The minimum absolute atomic E-state index is 0.187. The molecule has 1 aliphatic heterocycles. The molecule has 0 fully saturated rings. The summed E-state index contributed by atoms with van der Waals surface area (Å²) in [6.07, 6.45) is 2.45. The van der Waals surface area contributed by atoms with E-state index in [0.29, 0.717) is 17.9 Å². The number of aromatic nitrogens is 3. The molecule has 6 heteroatoms. The first-order chi connectivity index (χ1) is 8.24. The molecule has 0 radical (unpaired) electrons. The van der Waals surface area contributed by atoms with Crippen molar-refractivity contribution in [2.45, 2.75) is 12.8 Å². The van der Waals surface area contributed by atoms with Gasteiger partial charge in [-0.1, -0.05) is 6.92 Å². The van der Waals surface area contributed by atoms with Crippen molar-refractivity contribution in [3.05, 3.63) is 23.7 Å². The lowest BCUT2D eigenvalue weighted by Gasteiger charge is -2.08. The van der Waals surface area contributed by atoms with Gasteiger partial charge >= 0.3 is 0 Å². The Kier molecular flexibility index (Phi) is 1.89. The SMILES string of the molecule is CC1CN(C=O)c2cnc3cc(C#N)nn3c21. The highest BCUT2D eigenvalue weighted by molar-refractivity contribution is 5.79. The molecule has 0 aliphatic carbocycles. The molecule has 0 spiro atoms. The first kappa shape index (κ1) is 9.78. The summed E-state index contributed by atoms with van der Waals surface area (Å²) in [5.41, 5.74) is 2.68. The van der Waals surface area contributed by atoms with E-state index < -0.39 is 0 Å². The molecule has 1 amide bonds. The monoisotopic (exact) mass is 227 g/mol. The average molecular weight is 227 g/mol. The van der Waals surface area contributed by atoms with Gasteiger partial charge in [-0.3, -0.25) is 4.79 Å². The maximum Gasteiger partial charge on any atom is 0.214 e. The van der Waals surface area contributed by atoms with Gasteiger partial charge in [-0.05, 0) is 0 Å². The second-order valence-corrected chi connectivity index (χ2v) is 4.10. The first-order valence-corrected chi connectivity index (χ1v) is 5.25. The molecular formula is C11H9N5O. The topological polar surface area (TPSA) is 74.3 Å². The van der Waals surface area contributed by atoms with E-state index in [2.05, 4.69) is 10.1 Å². The van der Waals surface area contributed by atoms with Crippen LogP contribution in [0, 0.1) is 11.3 Å². The van der Waals surface area contributed by atoms with E-state index in [1.165, 1.54) is 0 Å². The lowest BCUT2D eigenvalue weighted by Crippen LogP contribution is -2.18. The van der Waals surface area contributed by atoms with E-state index in [9.17, 15) is 4.79 Å². The number of carbonyl (C=O) groups excluding carboxylic acids is 1. The summed E-state index contributed by atoms with van der Waals surface area (Å²) in [6, 6.07) is 3.63. The summed E-state index contributed by atoms with van der Waals surface area (Å²) in [5.74, 6) is 0.187. The molecule has 0 saturated carbocycles. The summed E-state index contributed by atoms with van der Waals surface area (Å²) in [5, 5.41) is 13.0. The van der Waals surface area contributed by atoms with Crippen LogP contribution in [0.4, 0.5) is 5.69 Å². The Bertz CT molecular complexity index is 654. The van der Waals surface area contributed by atoms with Gasteiger partial charge in [0, 0.05) is 18.5 Å². The zero-order valence-electron chi connectivity index (χ0n) is 9.16. The van der Waals surface area contributed by atoms with Crippen molar-refractivity contribution in [3.8, 4) is 6.07 Å². The number of hydrogen-bond donors (Lipinski definition) is 0. The van der Waals surface area contributed by atoms with Crippen LogP contribution in [0.25, 0.3) is 5.65 Å². The van der Waals surface area contributed by atoms with Gasteiger partial charge in [0.15, 0.2) is 11.3 Å². The summed E-state index contributed by atoms with van der Waals surface area (Å²) in [6.45, 7) is 2.65. The summed E-state index contributed by atoms with van der Waals surface area (Å²) >= 11 is 0. The zero-order chi connectivity index (χ0) is 12.0. The Balaban J connectivity index is 2.33. The summed E-state index contributed by atoms with van der Waals surface area (Å²) in [7, 11) is 0. The van der Waals surface area contributed by atoms with Gasteiger partial charge in [-0.15, -0.1) is 0 Å². The van der Waals surface area contributed by atoms with E-state index in [0.717, 1.165) is 17.8 Å². The average Bonchev–Trinajstić information content (AvgIpc) is 2.89. The van der Waals surface area contributed by atoms with Crippen LogP contribution in [0.15, 0.2) is 12.3 Å². The van der Waals surface area contributed by atoms with Crippen LogP contribution in [0.3, 0.4) is 0 Å². The van der Waals surface area contributed by atoms with Crippen molar-refractivity contribution < 1.29 is 4.79 Å². The van der Waals surface area contributed by atoms with Crippen LogP contribution >= 0.6 is 0 Å². The number of nitrogens with zero attached hydrogens (tertiary/aromatic N) is 5. The third-order valence-electron chi connectivity index (χ3n) is 2.99. The van der Waals surface area contributed by atoms with Crippen LogP contribution in [-0.2, 0) is 4.79 Å². The molecule has 2 aromatic rings. The Morgan fingerprint density at radius 3 is 3.18 bits per heavy atom. The third kappa shape index (κ3) is 1.22. The Morgan fingerprint density at radius 2 is 2.47 bits per heavy atom. The first-order valence-electron chi connectivity index (χ1n) is 5.25. The normalized spacial score (nSPS) is 18.1. The van der Waals surface area contributed by atoms with Crippen molar-refractivity contribution in [2.75, 3.05) is 11.4 Å². The van der Waals surface area contributed by atoms with Gasteiger partial charge in [-0.25, -0.2) is 9.50 Å². The zero-order valence-corrected chi connectivity index (χ0v) is 9.16. The molecule has 3 rings (SSSR count). The lowest BCUT2D eigenvalue weighted by atomic mass is 10.1. The standard InChI is InChI=1S/C11H9N5O/c1-7-5-15(6-17)9-4-13-10-2-8(3-12)14-16(10)11(7)9/h2,4,6-7H,5H2,1H3. The minimum Gasteiger partial charge on any atom is -0.311 e. The van der Waals surface area contributed by atoms with Crippen LogP contribution in [0.1, 0.15) is 24.2 Å². The maximum absolute atomic E-state index is 10.9. The maximum atomic E-state index is 10.9. The van der Waals surface area contributed by atoms with Crippen LogP contribution < -0.4 is 4.90 Å². The van der Waals surface area contributed by atoms with E-state index in [-0.39, 0.29) is 5.92 Å². The van der Waals surface area contributed by atoms with Crippen LogP contribution in [-0.4, -0.2) is 27.6 Å². The minimum atomic E-state index is 0.187. The number of fused-ring (bicyclic) bond motifs is 3. The van der Waals surface area contributed by atoms with E-state index in [4.69, 9.17) is 5.26 Å². The fourth-order valence-corrected chi connectivity index (χ4v) is 2.26. The second-order valence-electron chi connectivity index (χ2n) is 4.10. The number of carbonyl (C=O) groups is 1. The quantitative estimate of drug-likeness (QED) is 0.671. The third-order valence-corrected chi connectivity index (χ3v) is 2.99. The molecule has 0 saturated heterocycles. The highest BCUT2D eigenvalue weighted by Crippen LogP contribution is 2.34. The van der Waals surface area contributed by atoms with Gasteiger partial charge in [0.2, 0.25) is 6.41 Å². The molecule has 3 heterocycles. The predicted molar refractivity (Wildman–Crippen MR) is 59.5 cm³/mol. The largest absolute Gasteiger partial charge is 0.311 e. The van der Waals surface area contributed by atoms with Crippen LogP contribution in [0.5, 0.6) is 0 Å². The van der Waals surface area contributed by atoms with Crippen LogP contribution in [0.2, 0.25) is 0 Å². The predicted octanol–water partition coefficient (Wildman–Crippen LogP) is 0.681. The van der Waals surface area contributed by atoms with Gasteiger partial charge in [-0.2, -0.15) is 10.4 Å². The molecule has 17 heavy (non-hydrogen) atoms. The number of amides is 1. The van der Waals surface area contributed by atoms with Crippen molar-refractivity contribution >= 4 is 17.7 Å². The molecule has 6 nitrogen and oxygen atoms in total. The van der Waals surface area contributed by atoms with Crippen molar-refractivity contribution in [1.29, 1.82) is 5.26 Å². The Morgan fingerprint density at radius 1 is 1.65 bits per heavy atom. The van der Waals surface area contributed by atoms with Crippen molar-refractivity contribution in [3.63, 3.8) is 0 Å². The highest BCUT2D eigenvalue weighted by atomic mass is 16.1. The van der Waals surface area contributed by atoms with E-state index in [1.54, 1.807) is 21.7 Å². The fraction of sp³-hybridized carbons (Fsp3) is 0.273. The molecule has 0 N–H and O–H groups in total. The molecule has 0 aromatic carbocycles. The van der Waals surface area contributed by atoms with Gasteiger partial charge in [0.25, 0.3) is 0 Å². The summed E-state index contributed by atoms with van der Waals surface area (Å²) in [4.78, 5) is 16.7. The number of hydrogen-bond acceptors (Lipinski definition) is 4. The molecule has 1 aliphatic rings. The molecule has 2 aromatic heterocycles. The Labute approximate surface area is 97.1 Å². The van der Waals surface area contributed by atoms with Gasteiger partial charge < -0.3 is 4.90 Å². The molecule has 1 unspecified atom stereocenters.